The summed E-state index contributed by atoms with van der Waals surface area (Å²) in [5.41, 5.74) is 5.84. The zero-order valence-corrected chi connectivity index (χ0v) is 26.4. The molecule has 1 amide bonds. The number of benzene rings is 4. The molecule has 1 aliphatic carbocycles. The highest BCUT2D eigenvalue weighted by Gasteiger charge is 2.27. The van der Waals surface area contributed by atoms with Crippen LogP contribution in [0, 0.1) is 0 Å². The molecule has 0 bridgehead atoms. The topological polar surface area (TPSA) is 26.8 Å². The van der Waals surface area contributed by atoms with Crippen LogP contribution in [0.1, 0.15) is 71.5 Å². The second-order valence-corrected chi connectivity index (χ2v) is 12.8. The van der Waals surface area contributed by atoms with Gasteiger partial charge >= 0.3 is 0 Å². The molecule has 0 radical (unpaired) electrons. The van der Waals surface area contributed by atoms with Crippen molar-refractivity contribution in [3.8, 4) is 0 Å². The zero-order chi connectivity index (χ0) is 30.1. The number of anilines is 1. The molecule has 1 saturated carbocycles. The summed E-state index contributed by atoms with van der Waals surface area (Å²) in [5, 5.41) is 0.726. The summed E-state index contributed by atoms with van der Waals surface area (Å²) in [4.78, 5) is 21.2. The molecular weight excluding hydrogens is 562 g/mol. The second kappa shape index (κ2) is 14.9. The summed E-state index contributed by atoms with van der Waals surface area (Å²) < 4.78 is 0. The predicted octanol–water partition coefficient (Wildman–Crippen LogP) is 8.66. The summed E-state index contributed by atoms with van der Waals surface area (Å²) >= 11 is 6.15. The van der Waals surface area contributed by atoms with Gasteiger partial charge in [0.1, 0.15) is 0 Å². The Kier molecular flexibility index (Phi) is 10.3. The lowest BCUT2D eigenvalue weighted by Crippen LogP contribution is -2.47. The number of rotatable bonds is 10. The average molecular weight is 606 g/mol. The second-order valence-electron chi connectivity index (χ2n) is 12.4. The van der Waals surface area contributed by atoms with Crippen LogP contribution in [-0.2, 0) is 6.54 Å². The van der Waals surface area contributed by atoms with Gasteiger partial charge in [-0.3, -0.25) is 9.69 Å². The minimum absolute atomic E-state index is 0.139. The van der Waals surface area contributed by atoms with Gasteiger partial charge in [0.15, 0.2) is 0 Å². The molecule has 1 aliphatic heterocycles. The summed E-state index contributed by atoms with van der Waals surface area (Å²) in [6.45, 7) is 5.68. The smallest absolute Gasteiger partial charge is 0.254 e. The van der Waals surface area contributed by atoms with Gasteiger partial charge < -0.3 is 9.80 Å². The lowest BCUT2D eigenvalue weighted by Gasteiger charge is -2.37. The van der Waals surface area contributed by atoms with Gasteiger partial charge in [0, 0.05) is 61.0 Å². The minimum Gasteiger partial charge on any atom is -0.369 e. The number of hydrogen-bond acceptors (Lipinski definition) is 3. The van der Waals surface area contributed by atoms with Crippen LogP contribution >= 0.6 is 11.6 Å². The monoisotopic (exact) mass is 605 g/mol. The third-order valence-electron chi connectivity index (χ3n) is 9.51. The summed E-state index contributed by atoms with van der Waals surface area (Å²) in [5.74, 6) is 0.540. The van der Waals surface area contributed by atoms with Crippen molar-refractivity contribution in [1.82, 2.24) is 9.80 Å². The van der Waals surface area contributed by atoms with E-state index in [0.29, 0.717) is 12.5 Å². The Morgan fingerprint density at radius 3 is 2.02 bits per heavy atom. The highest BCUT2D eigenvalue weighted by atomic mass is 35.5. The first kappa shape index (κ1) is 30.4. The van der Waals surface area contributed by atoms with Gasteiger partial charge in [0.25, 0.3) is 5.91 Å². The number of nitrogens with zero attached hydrogens (tertiary/aromatic N) is 3. The Morgan fingerprint density at radius 1 is 0.750 bits per heavy atom. The van der Waals surface area contributed by atoms with Crippen molar-refractivity contribution in [2.45, 2.75) is 57.0 Å². The molecule has 228 valence electrons. The highest BCUT2D eigenvalue weighted by molar-refractivity contribution is 6.30. The Balaban J connectivity index is 1.09. The van der Waals surface area contributed by atoms with E-state index in [1.54, 1.807) is 0 Å². The largest absolute Gasteiger partial charge is 0.369 e. The molecule has 4 nitrogen and oxygen atoms in total. The van der Waals surface area contributed by atoms with E-state index in [-0.39, 0.29) is 11.9 Å². The van der Waals surface area contributed by atoms with Gasteiger partial charge in [-0.05, 0) is 72.8 Å². The van der Waals surface area contributed by atoms with E-state index in [2.05, 4.69) is 93.6 Å². The minimum atomic E-state index is 0.139. The maximum absolute atomic E-state index is 14.1. The van der Waals surface area contributed by atoms with Gasteiger partial charge in [-0.25, -0.2) is 0 Å². The number of piperazine rings is 1. The molecule has 6 rings (SSSR count). The fraction of sp³-hybridized carbons (Fsp3) is 0.359. The molecule has 0 atom stereocenters. The van der Waals surface area contributed by atoms with E-state index >= 15 is 0 Å². The van der Waals surface area contributed by atoms with E-state index in [4.69, 9.17) is 11.6 Å². The third kappa shape index (κ3) is 7.72. The molecule has 4 aromatic carbocycles. The van der Waals surface area contributed by atoms with Crippen molar-refractivity contribution in [1.29, 1.82) is 0 Å². The molecule has 5 heteroatoms. The van der Waals surface area contributed by atoms with Crippen LogP contribution in [0.2, 0.25) is 5.02 Å². The van der Waals surface area contributed by atoms with E-state index in [1.165, 1.54) is 30.4 Å². The first-order valence-electron chi connectivity index (χ1n) is 16.4. The molecule has 1 saturated heterocycles. The maximum Gasteiger partial charge on any atom is 0.254 e. The third-order valence-corrected chi connectivity index (χ3v) is 9.76. The van der Waals surface area contributed by atoms with Crippen molar-refractivity contribution in [2.24, 2.45) is 0 Å². The molecule has 1 heterocycles. The fourth-order valence-corrected chi connectivity index (χ4v) is 7.11. The first-order chi connectivity index (χ1) is 21.6. The molecule has 0 aromatic heterocycles. The van der Waals surface area contributed by atoms with Gasteiger partial charge in [-0.1, -0.05) is 110 Å². The van der Waals surface area contributed by atoms with Gasteiger partial charge in [-0.2, -0.15) is 0 Å². The molecule has 2 aliphatic rings. The standard InChI is InChI=1S/C39H44ClN3O/c40-35-21-19-31(20-22-35)30-43(36-16-8-3-9-17-36)39(44)34-15-10-18-37(29-34)42-27-25-41(26-28-42)24-23-38(32-11-4-1-5-12-32)33-13-6-2-7-14-33/h1-2,4-7,10-15,18-22,29,36,38H,3,8-9,16-17,23-28,30H2. The van der Waals surface area contributed by atoms with E-state index in [9.17, 15) is 4.79 Å². The highest BCUT2D eigenvalue weighted by Crippen LogP contribution is 2.30. The van der Waals surface area contributed by atoms with Crippen molar-refractivity contribution >= 4 is 23.2 Å². The Bertz CT molecular complexity index is 1420. The molecule has 44 heavy (non-hydrogen) atoms. The predicted molar refractivity (Wildman–Crippen MR) is 183 cm³/mol. The van der Waals surface area contributed by atoms with Crippen molar-refractivity contribution in [2.75, 3.05) is 37.6 Å². The fourth-order valence-electron chi connectivity index (χ4n) is 6.99. The van der Waals surface area contributed by atoms with Crippen LogP contribution in [0.15, 0.2) is 109 Å². The van der Waals surface area contributed by atoms with Crippen LogP contribution in [-0.4, -0.2) is 54.5 Å². The lowest BCUT2D eigenvalue weighted by molar-refractivity contribution is 0.0614. The van der Waals surface area contributed by atoms with Gasteiger partial charge in [-0.15, -0.1) is 0 Å². The van der Waals surface area contributed by atoms with Crippen molar-refractivity contribution < 1.29 is 4.79 Å². The van der Waals surface area contributed by atoms with Crippen LogP contribution in [0.3, 0.4) is 0 Å². The normalized spacial score (nSPS) is 16.3. The number of halogens is 1. The van der Waals surface area contributed by atoms with Crippen LogP contribution in [0.25, 0.3) is 0 Å². The van der Waals surface area contributed by atoms with E-state index in [0.717, 1.165) is 73.8 Å². The summed E-state index contributed by atoms with van der Waals surface area (Å²) in [6, 6.07) is 38.4. The molecule has 2 fully saturated rings. The maximum atomic E-state index is 14.1. The van der Waals surface area contributed by atoms with Crippen LogP contribution in [0.4, 0.5) is 5.69 Å². The van der Waals surface area contributed by atoms with E-state index in [1.807, 2.05) is 30.3 Å². The SMILES string of the molecule is O=C(c1cccc(N2CCN(CCC(c3ccccc3)c3ccccc3)CC2)c1)N(Cc1ccc(Cl)cc1)C1CCCCC1. The van der Waals surface area contributed by atoms with Crippen LogP contribution < -0.4 is 4.90 Å². The van der Waals surface area contributed by atoms with Crippen molar-refractivity contribution in [3.63, 3.8) is 0 Å². The quantitative estimate of drug-likeness (QED) is 0.181. The van der Waals surface area contributed by atoms with Gasteiger partial charge in [0.05, 0.1) is 0 Å². The molecule has 4 aromatic rings. The lowest BCUT2D eigenvalue weighted by atomic mass is 9.88. The summed E-state index contributed by atoms with van der Waals surface area (Å²) in [6.07, 6.45) is 6.91. The van der Waals surface area contributed by atoms with Crippen molar-refractivity contribution in [3.05, 3.63) is 136 Å². The van der Waals surface area contributed by atoms with Crippen LogP contribution in [0.5, 0.6) is 0 Å². The molecular formula is C39H44ClN3O. The molecule has 0 unspecified atom stereocenters. The Morgan fingerprint density at radius 2 is 1.39 bits per heavy atom. The summed E-state index contributed by atoms with van der Waals surface area (Å²) in [7, 11) is 0. The van der Waals surface area contributed by atoms with E-state index < -0.39 is 0 Å². The Hall–Kier alpha value is -3.60. The number of amides is 1. The van der Waals surface area contributed by atoms with Gasteiger partial charge in [0.2, 0.25) is 0 Å². The zero-order valence-electron chi connectivity index (χ0n) is 25.7. The first-order valence-corrected chi connectivity index (χ1v) is 16.7. The number of carbonyl (C=O) groups is 1. The molecule has 0 spiro atoms. The number of hydrogen-bond donors (Lipinski definition) is 0. The Labute approximate surface area is 268 Å². The molecule has 0 N–H and O–H groups in total. The average Bonchev–Trinajstić information content (AvgIpc) is 3.09. The number of carbonyl (C=O) groups excluding carboxylic acids is 1.